The molecule has 0 spiro atoms. The standard InChI is InChI=1S/C15H22N4O2S/c1-10-17-7-13(22-10)9-18-4-2-12(3-5-18)19-8-11(15(16)21)6-14(19)20/h7,11-12H,2-6,8-9H2,1H3,(H2,16,21). The van der Waals surface area contributed by atoms with E-state index in [4.69, 9.17) is 5.73 Å². The zero-order valence-corrected chi connectivity index (χ0v) is 13.6. The topological polar surface area (TPSA) is 79.5 Å². The van der Waals surface area contributed by atoms with E-state index < -0.39 is 0 Å². The number of carbonyl (C=O) groups excluding carboxylic acids is 2. The molecular formula is C15H22N4O2S. The minimum atomic E-state index is -0.353. The predicted molar refractivity (Wildman–Crippen MR) is 84.2 cm³/mol. The summed E-state index contributed by atoms with van der Waals surface area (Å²) < 4.78 is 0. The van der Waals surface area contributed by atoms with Crippen molar-refractivity contribution in [2.24, 2.45) is 11.7 Å². The highest BCUT2D eigenvalue weighted by Gasteiger charge is 2.37. The molecule has 1 aromatic rings. The number of nitrogens with zero attached hydrogens (tertiary/aromatic N) is 3. The van der Waals surface area contributed by atoms with E-state index in [-0.39, 0.29) is 30.2 Å². The Labute approximate surface area is 134 Å². The van der Waals surface area contributed by atoms with Crippen LogP contribution in [0.2, 0.25) is 0 Å². The summed E-state index contributed by atoms with van der Waals surface area (Å²) in [5, 5.41) is 1.10. The Hall–Kier alpha value is -1.47. The maximum Gasteiger partial charge on any atom is 0.223 e. The molecule has 6 nitrogen and oxygen atoms in total. The van der Waals surface area contributed by atoms with Gasteiger partial charge in [0.15, 0.2) is 0 Å². The zero-order chi connectivity index (χ0) is 15.7. The molecule has 120 valence electrons. The van der Waals surface area contributed by atoms with Crippen molar-refractivity contribution in [2.75, 3.05) is 19.6 Å². The molecule has 2 amide bonds. The van der Waals surface area contributed by atoms with Crippen LogP contribution >= 0.6 is 11.3 Å². The van der Waals surface area contributed by atoms with E-state index in [1.54, 1.807) is 11.3 Å². The number of piperidine rings is 1. The van der Waals surface area contributed by atoms with Crippen molar-refractivity contribution in [3.63, 3.8) is 0 Å². The molecule has 2 aliphatic rings. The Bertz CT molecular complexity index is 566. The van der Waals surface area contributed by atoms with Crippen molar-refractivity contribution >= 4 is 23.2 Å². The van der Waals surface area contributed by atoms with Gasteiger partial charge in [-0.25, -0.2) is 4.98 Å². The minimum absolute atomic E-state index is 0.0836. The van der Waals surface area contributed by atoms with Crippen LogP contribution in [0.1, 0.15) is 29.1 Å². The van der Waals surface area contributed by atoms with Gasteiger partial charge in [-0.1, -0.05) is 0 Å². The first-order valence-electron chi connectivity index (χ1n) is 7.75. The summed E-state index contributed by atoms with van der Waals surface area (Å²) in [6, 6.07) is 0.260. The van der Waals surface area contributed by atoms with Crippen molar-refractivity contribution in [1.82, 2.24) is 14.8 Å². The largest absolute Gasteiger partial charge is 0.369 e. The Morgan fingerprint density at radius 2 is 2.18 bits per heavy atom. The fourth-order valence-electron chi connectivity index (χ4n) is 3.36. The normalized spacial score (nSPS) is 24.1. The highest BCUT2D eigenvalue weighted by atomic mass is 32.1. The lowest BCUT2D eigenvalue weighted by molar-refractivity contribution is -0.130. The molecule has 0 aromatic carbocycles. The highest BCUT2D eigenvalue weighted by molar-refractivity contribution is 7.11. The molecule has 0 radical (unpaired) electrons. The number of primary amides is 1. The first-order valence-corrected chi connectivity index (χ1v) is 8.57. The number of thiazole rings is 1. The molecule has 22 heavy (non-hydrogen) atoms. The van der Waals surface area contributed by atoms with E-state index in [0.717, 1.165) is 37.5 Å². The van der Waals surface area contributed by atoms with Crippen LogP contribution in [0.4, 0.5) is 0 Å². The molecule has 0 saturated carbocycles. The number of rotatable bonds is 4. The summed E-state index contributed by atoms with van der Waals surface area (Å²) in [6.07, 6.45) is 4.17. The second kappa shape index (κ2) is 6.34. The van der Waals surface area contributed by atoms with E-state index in [1.807, 2.05) is 18.0 Å². The Morgan fingerprint density at radius 1 is 1.45 bits per heavy atom. The van der Waals surface area contributed by atoms with E-state index in [0.29, 0.717) is 6.54 Å². The fourth-order valence-corrected chi connectivity index (χ4v) is 4.20. The Kier molecular flexibility index (Phi) is 4.44. The first-order chi connectivity index (χ1) is 10.5. The maximum absolute atomic E-state index is 12.1. The molecule has 1 unspecified atom stereocenters. The molecule has 2 saturated heterocycles. The van der Waals surface area contributed by atoms with Gasteiger partial charge in [-0.2, -0.15) is 0 Å². The van der Waals surface area contributed by atoms with Crippen LogP contribution in [0, 0.1) is 12.8 Å². The van der Waals surface area contributed by atoms with Crippen LogP contribution in [0.3, 0.4) is 0 Å². The van der Waals surface area contributed by atoms with Crippen LogP contribution in [-0.2, 0) is 16.1 Å². The fraction of sp³-hybridized carbons (Fsp3) is 0.667. The number of carbonyl (C=O) groups is 2. The predicted octanol–water partition coefficient (Wildman–Crippen LogP) is 0.750. The van der Waals surface area contributed by atoms with Gasteiger partial charge in [-0.3, -0.25) is 14.5 Å². The molecule has 1 aromatic heterocycles. The van der Waals surface area contributed by atoms with Gasteiger partial charge in [-0.15, -0.1) is 11.3 Å². The van der Waals surface area contributed by atoms with Crippen molar-refractivity contribution in [3.8, 4) is 0 Å². The van der Waals surface area contributed by atoms with Crippen molar-refractivity contribution in [3.05, 3.63) is 16.1 Å². The molecule has 3 heterocycles. The summed E-state index contributed by atoms with van der Waals surface area (Å²) in [6.45, 7) is 5.43. The lowest BCUT2D eigenvalue weighted by Gasteiger charge is -2.36. The number of hydrogen-bond acceptors (Lipinski definition) is 5. The van der Waals surface area contributed by atoms with Crippen molar-refractivity contribution in [2.45, 2.75) is 38.8 Å². The highest BCUT2D eigenvalue weighted by Crippen LogP contribution is 2.26. The van der Waals surface area contributed by atoms with Gasteiger partial charge in [-0.05, 0) is 19.8 Å². The van der Waals surface area contributed by atoms with E-state index >= 15 is 0 Å². The average Bonchev–Trinajstić information content (AvgIpc) is 3.06. The van der Waals surface area contributed by atoms with Crippen LogP contribution < -0.4 is 5.73 Å². The first kappa shape index (κ1) is 15.4. The molecule has 2 N–H and O–H groups in total. The number of hydrogen-bond donors (Lipinski definition) is 1. The number of aromatic nitrogens is 1. The summed E-state index contributed by atoms with van der Waals surface area (Å²) in [5.41, 5.74) is 5.33. The quantitative estimate of drug-likeness (QED) is 0.887. The Morgan fingerprint density at radius 3 is 2.73 bits per heavy atom. The van der Waals surface area contributed by atoms with Gasteiger partial charge >= 0.3 is 0 Å². The zero-order valence-electron chi connectivity index (χ0n) is 12.8. The maximum atomic E-state index is 12.1. The monoisotopic (exact) mass is 322 g/mol. The third-order valence-electron chi connectivity index (χ3n) is 4.61. The molecule has 7 heteroatoms. The number of amides is 2. The van der Waals surface area contributed by atoms with Crippen LogP contribution in [0.5, 0.6) is 0 Å². The Balaban J connectivity index is 1.51. The van der Waals surface area contributed by atoms with Gasteiger partial charge in [0.1, 0.15) is 0 Å². The van der Waals surface area contributed by atoms with E-state index in [2.05, 4.69) is 9.88 Å². The molecule has 2 fully saturated rings. The lowest BCUT2D eigenvalue weighted by atomic mass is 10.0. The second-order valence-electron chi connectivity index (χ2n) is 6.20. The summed E-state index contributed by atoms with van der Waals surface area (Å²) in [4.78, 5) is 33.2. The molecule has 2 aliphatic heterocycles. The number of nitrogens with two attached hydrogens (primary N) is 1. The number of aryl methyl sites for hydroxylation is 1. The van der Waals surface area contributed by atoms with Crippen LogP contribution in [0.25, 0.3) is 0 Å². The van der Waals surface area contributed by atoms with Crippen LogP contribution in [-0.4, -0.2) is 52.3 Å². The van der Waals surface area contributed by atoms with Gasteiger partial charge in [0.2, 0.25) is 11.8 Å². The molecule has 0 aliphatic carbocycles. The molecular weight excluding hydrogens is 300 g/mol. The summed E-state index contributed by atoms with van der Waals surface area (Å²) >= 11 is 1.74. The van der Waals surface area contributed by atoms with Gasteiger partial charge in [0.25, 0.3) is 0 Å². The lowest BCUT2D eigenvalue weighted by Crippen LogP contribution is -2.45. The van der Waals surface area contributed by atoms with E-state index in [1.165, 1.54) is 4.88 Å². The summed E-state index contributed by atoms with van der Waals surface area (Å²) in [5.74, 6) is -0.570. The molecule has 0 bridgehead atoms. The molecule has 3 rings (SSSR count). The van der Waals surface area contributed by atoms with Crippen molar-refractivity contribution < 1.29 is 9.59 Å². The van der Waals surface area contributed by atoms with Gasteiger partial charge in [0.05, 0.1) is 10.9 Å². The van der Waals surface area contributed by atoms with E-state index in [9.17, 15) is 9.59 Å². The second-order valence-corrected chi connectivity index (χ2v) is 7.52. The van der Waals surface area contributed by atoms with Gasteiger partial charge in [0, 0.05) is 49.7 Å². The van der Waals surface area contributed by atoms with Gasteiger partial charge < -0.3 is 10.6 Å². The van der Waals surface area contributed by atoms with Crippen LogP contribution in [0.15, 0.2) is 6.20 Å². The third-order valence-corrected chi connectivity index (χ3v) is 5.50. The SMILES string of the molecule is Cc1ncc(CN2CCC(N3CC(C(N)=O)CC3=O)CC2)s1. The summed E-state index contributed by atoms with van der Waals surface area (Å²) in [7, 11) is 0. The van der Waals surface area contributed by atoms with Crippen molar-refractivity contribution in [1.29, 1.82) is 0 Å². The third kappa shape index (κ3) is 3.30. The minimum Gasteiger partial charge on any atom is -0.369 e. The number of likely N-dealkylation sites (tertiary alicyclic amines) is 2. The smallest absolute Gasteiger partial charge is 0.223 e. The average molecular weight is 322 g/mol. The molecule has 1 atom stereocenters.